The number of likely N-dealkylation sites (tertiary alicyclic amines) is 2. The number of fused-ring (bicyclic) bond motifs is 1. The van der Waals surface area contributed by atoms with Gasteiger partial charge in [-0.15, -0.1) is 5.73 Å². The maximum absolute atomic E-state index is 15.2. The third-order valence-corrected chi connectivity index (χ3v) is 16.3. The van der Waals surface area contributed by atoms with Crippen molar-refractivity contribution in [2.75, 3.05) is 38.2 Å². The number of primary amides is 1. The number of carboxylic acids is 1. The van der Waals surface area contributed by atoms with Gasteiger partial charge in [0.25, 0.3) is 5.97 Å². The Morgan fingerprint density at radius 3 is 1.89 bits per heavy atom. The SMILES string of the molecule is CC(=O)O.CSCC[C@H](N)C(=O)N1CCC[C@H]1C(=O)N[C@H](Cc1ccccc1)C(=O)N[C@@H](CCCN=C(N)N)C(=O)N[C@H](Cc1c[nH]c2ccccc12)C(=O)N[C@@H](CC1C=C=CC=C1)C(=O)N[C@@H](CCCCN)C(=O)N1CCC[C@H]1C(=O)N[C@H](C(N)=O)C(C)C. The van der Waals surface area contributed by atoms with E-state index in [0.29, 0.717) is 74.9 Å². The quantitative estimate of drug-likeness (QED) is 0.0172. The number of para-hydroxylation sites is 1. The fourth-order valence-corrected chi connectivity index (χ4v) is 11.5. The molecule has 3 aliphatic rings. The molecule has 0 saturated carbocycles. The van der Waals surface area contributed by atoms with Crippen molar-refractivity contribution >= 4 is 87.8 Å². The molecule has 90 heavy (non-hydrogen) atoms. The zero-order chi connectivity index (χ0) is 65.9. The molecule has 9 amide bonds. The molecule has 0 spiro atoms. The lowest BCUT2D eigenvalue weighted by atomic mass is 9.95. The van der Waals surface area contributed by atoms with Gasteiger partial charge in [-0.25, -0.2) is 0 Å². The van der Waals surface area contributed by atoms with Gasteiger partial charge >= 0.3 is 0 Å². The lowest BCUT2D eigenvalue weighted by molar-refractivity contribution is -0.142. The second-order valence-corrected chi connectivity index (χ2v) is 24.0. The topological polar surface area (TPSA) is 428 Å². The number of guanidine groups is 1. The number of hydrogen-bond donors (Lipinski definition) is 13. The number of amides is 9. The Morgan fingerprint density at radius 1 is 0.711 bits per heavy atom. The molecule has 2 fully saturated rings. The van der Waals surface area contributed by atoms with Crippen LogP contribution in [0.4, 0.5) is 0 Å². The molecule has 10 atom stereocenters. The van der Waals surface area contributed by atoms with Gasteiger partial charge in [-0.05, 0) is 124 Å². The minimum absolute atomic E-state index is 0.000421. The summed E-state index contributed by atoms with van der Waals surface area (Å²) < 4.78 is 0. The fraction of sp³-hybridized carbons (Fsp3) is 0.524. The van der Waals surface area contributed by atoms with E-state index in [4.69, 9.17) is 38.6 Å². The minimum atomic E-state index is -1.40. The largest absolute Gasteiger partial charge is 0.481 e. The van der Waals surface area contributed by atoms with Gasteiger partial charge in [0.1, 0.15) is 48.3 Å². The van der Waals surface area contributed by atoms with Crippen LogP contribution in [0.15, 0.2) is 95.8 Å². The van der Waals surface area contributed by atoms with Crippen LogP contribution in [0.25, 0.3) is 10.9 Å². The van der Waals surface area contributed by atoms with Crippen molar-refractivity contribution < 1.29 is 53.1 Å². The maximum Gasteiger partial charge on any atom is 0.300 e. The second-order valence-electron chi connectivity index (χ2n) is 23.0. The molecule has 27 heteroatoms. The van der Waals surface area contributed by atoms with Crippen LogP contribution in [-0.2, 0) is 60.8 Å². The lowest BCUT2D eigenvalue weighted by Gasteiger charge is -2.31. The molecule has 0 radical (unpaired) electrons. The summed E-state index contributed by atoms with van der Waals surface area (Å²) in [6.45, 7) is 5.47. The number of H-pyrrole nitrogens is 1. The van der Waals surface area contributed by atoms with E-state index in [2.05, 4.69) is 47.6 Å². The molecule has 2 saturated heterocycles. The predicted octanol–water partition coefficient (Wildman–Crippen LogP) is 0.626. The highest BCUT2D eigenvalue weighted by Crippen LogP contribution is 2.24. The van der Waals surface area contributed by atoms with Crippen LogP contribution in [0.2, 0.25) is 0 Å². The maximum atomic E-state index is 15.2. The molecule has 26 nitrogen and oxygen atoms in total. The van der Waals surface area contributed by atoms with Gasteiger partial charge in [-0.3, -0.25) is 52.9 Å². The average Bonchev–Trinajstić information content (AvgIpc) is 1.85. The van der Waals surface area contributed by atoms with Crippen LogP contribution in [0.3, 0.4) is 0 Å². The third kappa shape index (κ3) is 22.5. The van der Waals surface area contributed by atoms with Crippen molar-refractivity contribution in [1.29, 1.82) is 0 Å². The number of carboxylic acid groups (broad SMARTS) is 1. The summed E-state index contributed by atoms with van der Waals surface area (Å²) in [6.07, 6.45) is 13.9. The number of thioether (sulfide) groups is 1. The molecule has 2 aliphatic heterocycles. The molecule has 1 aliphatic carbocycles. The molecule has 2 aromatic carbocycles. The summed E-state index contributed by atoms with van der Waals surface area (Å²) in [7, 11) is 0. The number of aromatic nitrogens is 1. The normalized spacial score (nSPS) is 18.1. The molecule has 0 bridgehead atoms. The summed E-state index contributed by atoms with van der Waals surface area (Å²) >= 11 is 1.56. The van der Waals surface area contributed by atoms with Gasteiger partial charge in [0.15, 0.2) is 5.96 Å². The molecule has 6 rings (SSSR count). The van der Waals surface area contributed by atoms with Crippen molar-refractivity contribution in [1.82, 2.24) is 46.7 Å². The fourth-order valence-electron chi connectivity index (χ4n) is 11.0. The van der Waals surface area contributed by atoms with Gasteiger partial charge in [0.05, 0.1) is 6.04 Å². The first-order chi connectivity index (χ1) is 43.0. The van der Waals surface area contributed by atoms with E-state index in [1.54, 1.807) is 74.3 Å². The molecule has 1 aromatic heterocycles. The first-order valence-electron chi connectivity index (χ1n) is 30.6. The van der Waals surface area contributed by atoms with Crippen LogP contribution in [0, 0.1) is 11.8 Å². The van der Waals surface area contributed by atoms with Gasteiger partial charge in [-0.1, -0.05) is 74.5 Å². The van der Waals surface area contributed by atoms with Crippen LogP contribution in [0.5, 0.6) is 0 Å². The zero-order valence-electron chi connectivity index (χ0n) is 51.8. The van der Waals surface area contributed by atoms with Crippen molar-refractivity contribution in [3.05, 3.63) is 102 Å². The zero-order valence-corrected chi connectivity index (χ0v) is 52.6. The van der Waals surface area contributed by atoms with E-state index in [0.717, 1.165) is 17.8 Å². The smallest absolute Gasteiger partial charge is 0.300 e. The van der Waals surface area contributed by atoms with E-state index in [-0.39, 0.29) is 69.4 Å². The number of nitrogens with one attached hydrogen (secondary N) is 7. The number of unbranched alkanes of at least 4 members (excludes halogenated alkanes) is 1. The Morgan fingerprint density at radius 2 is 1.28 bits per heavy atom. The van der Waals surface area contributed by atoms with Crippen LogP contribution in [-0.4, -0.2) is 178 Å². The Balaban J connectivity index is 0.00000357. The molecule has 18 N–H and O–H groups in total. The Labute approximate surface area is 529 Å². The average molecular weight is 1270 g/mol. The number of benzene rings is 2. The van der Waals surface area contributed by atoms with Crippen LogP contribution >= 0.6 is 11.8 Å². The summed E-state index contributed by atoms with van der Waals surface area (Å²) in [4.78, 5) is 148. The number of aliphatic imine (C=N–C) groups is 1. The lowest BCUT2D eigenvalue weighted by Crippen LogP contribution is -2.61. The number of rotatable bonds is 33. The van der Waals surface area contributed by atoms with Crippen molar-refractivity contribution in [3.63, 3.8) is 0 Å². The number of hydrogen-bond acceptors (Lipinski definition) is 14. The Bertz CT molecular complexity index is 3070. The highest BCUT2D eigenvalue weighted by Gasteiger charge is 2.42. The first kappa shape index (κ1) is 72.2. The number of nitrogens with two attached hydrogens (primary N) is 5. The van der Waals surface area contributed by atoms with Crippen molar-refractivity contribution in [3.8, 4) is 0 Å². The van der Waals surface area contributed by atoms with Gasteiger partial charge < -0.3 is 80.5 Å². The molecule has 490 valence electrons. The van der Waals surface area contributed by atoms with Gasteiger partial charge in [-0.2, -0.15) is 11.8 Å². The Hall–Kier alpha value is -8.52. The standard InChI is InChI=1S/C61H87N15O9S.C2H4O2/c1-37(2)51(52(64)77)74-58(83)50-26-16-31-76(50)60(85)45(23-12-13-28-62)70-55(80)46(33-38-17-6-4-7-18-38)71-56(81)48(35-40-36-68-43-22-11-10-21-41(40)43)72-53(78)44(24-14-29-67-61(65)66)69-54(79)47(34-39-19-8-5-9-20-39)73-57(82)49-25-15-30-75(49)59(84)42(63)27-32-86-3;1-2(3)4/h4-6,8-11,17-22,36-38,42,44-51,68H,12-16,23-35,62-63H2,1-3H3,(H2,64,77)(H,69,79)(H,70,80)(H,71,81)(H,72,78)(H,73,82)(H,74,83)(H4,65,66,67);1H3,(H,3,4)/t38?,42-,44-,45-,46-,47+,48+,49-,50-,51-;/m0./s1. The first-order valence-corrected chi connectivity index (χ1v) is 32.0. The number of nitrogens with zero attached hydrogens (tertiary/aromatic N) is 3. The molecule has 3 heterocycles. The van der Waals surface area contributed by atoms with E-state index < -0.39 is 114 Å². The highest BCUT2D eigenvalue weighted by atomic mass is 32.2. The monoisotopic (exact) mass is 1270 g/mol. The number of aliphatic carboxylic acids is 1. The molecule has 3 aromatic rings. The molecular formula is C63H91N15O11S. The second kappa shape index (κ2) is 36.8. The van der Waals surface area contributed by atoms with E-state index >= 15 is 9.59 Å². The molecule has 1 unspecified atom stereocenters. The van der Waals surface area contributed by atoms with E-state index in [1.807, 2.05) is 42.7 Å². The minimum Gasteiger partial charge on any atom is -0.481 e. The number of allylic oxidation sites excluding steroid dienone is 3. The summed E-state index contributed by atoms with van der Waals surface area (Å²) in [5.41, 5.74) is 34.2. The molecular weight excluding hydrogens is 1170 g/mol. The van der Waals surface area contributed by atoms with Crippen LogP contribution in [0.1, 0.15) is 103 Å². The van der Waals surface area contributed by atoms with Crippen LogP contribution < -0.4 is 60.6 Å². The van der Waals surface area contributed by atoms with Gasteiger partial charge in [0, 0.05) is 62.4 Å². The van der Waals surface area contributed by atoms with E-state index in [1.165, 1.54) is 9.80 Å². The Kier molecular flexibility index (Phi) is 29.6. The van der Waals surface area contributed by atoms with Crippen molar-refractivity contribution in [2.45, 2.75) is 159 Å². The summed E-state index contributed by atoms with van der Waals surface area (Å²) in [6, 6.07) is 6.25. The predicted molar refractivity (Wildman–Crippen MR) is 344 cm³/mol. The number of aromatic amines is 1. The summed E-state index contributed by atoms with van der Waals surface area (Å²) in [5, 5.41) is 25.3. The number of carbonyl (C=O) groups is 10. The summed E-state index contributed by atoms with van der Waals surface area (Å²) in [5.74, 6) is -6.80. The number of carbonyl (C=O) groups excluding carboxylic acids is 9. The van der Waals surface area contributed by atoms with Crippen molar-refractivity contribution in [2.24, 2.45) is 45.5 Å². The highest BCUT2D eigenvalue weighted by molar-refractivity contribution is 7.98. The van der Waals surface area contributed by atoms with E-state index in [9.17, 15) is 33.6 Å². The third-order valence-electron chi connectivity index (χ3n) is 15.7. The van der Waals surface area contributed by atoms with Gasteiger partial charge in [0.2, 0.25) is 53.2 Å².